The first-order chi connectivity index (χ1) is 14.0. The molecule has 1 heterocycles. The Morgan fingerprint density at radius 1 is 1.21 bits per heavy atom. The number of hydrogen-bond donors (Lipinski definition) is 2. The van der Waals surface area contributed by atoms with Gasteiger partial charge in [-0.15, -0.1) is 0 Å². The summed E-state index contributed by atoms with van der Waals surface area (Å²) >= 11 is 0. The summed E-state index contributed by atoms with van der Waals surface area (Å²) in [4.78, 5) is 15.1. The normalized spacial score (nSPS) is 29.7. The van der Waals surface area contributed by atoms with E-state index in [2.05, 4.69) is 29.4 Å². The predicted molar refractivity (Wildman–Crippen MR) is 113 cm³/mol. The number of aliphatic hydroxyl groups is 1. The zero-order valence-corrected chi connectivity index (χ0v) is 17.2. The number of fused-ring (bicyclic) bond motifs is 1. The second-order valence-corrected chi connectivity index (χ2v) is 8.55. The molecule has 154 valence electrons. The number of amides is 1. The van der Waals surface area contributed by atoms with Crippen molar-refractivity contribution in [2.24, 2.45) is 5.92 Å². The van der Waals surface area contributed by atoms with Crippen molar-refractivity contribution in [3.8, 4) is 5.75 Å². The third-order valence-electron chi connectivity index (χ3n) is 6.77. The van der Waals surface area contributed by atoms with Gasteiger partial charge in [-0.3, -0.25) is 4.79 Å². The number of carbonyl (C=O) groups excluding carboxylic acids is 1. The van der Waals surface area contributed by atoms with E-state index in [4.69, 9.17) is 4.74 Å². The number of nitrogens with one attached hydrogen (secondary N) is 1. The average Bonchev–Trinajstić information content (AvgIpc) is 2.75. The maximum atomic E-state index is 12.8. The zero-order chi connectivity index (χ0) is 20.4. The van der Waals surface area contributed by atoms with E-state index in [0.29, 0.717) is 12.0 Å². The van der Waals surface area contributed by atoms with E-state index in [-0.39, 0.29) is 23.3 Å². The van der Waals surface area contributed by atoms with Gasteiger partial charge in [0.15, 0.2) is 0 Å². The molecule has 5 nitrogen and oxygen atoms in total. The van der Waals surface area contributed by atoms with Crippen LogP contribution in [0.15, 0.2) is 54.6 Å². The van der Waals surface area contributed by atoms with Gasteiger partial charge in [-0.05, 0) is 62.7 Å². The van der Waals surface area contributed by atoms with Crippen molar-refractivity contribution in [3.63, 3.8) is 0 Å². The summed E-state index contributed by atoms with van der Waals surface area (Å²) in [5, 5.41) is 14.3. The quantitative estimate of drug-likeness (QED) is 0.837. The highest BCUT2D eigenvalue weighted by molar-refractivity contribution is 5.94. The van der Waals surface area contributed by atoms with Crippen molar-refractivity contribution in [2.75, 3.05) is 27.2 Å². The fourth-order valence-electron chi connectivity index (χ4n) is 5.28. The summed E-state index contributed by atoms with van der Waals surface area (Å²) < 4.78 is 5.48. The predicted octanol–water partition coefficient (Wildman–Crippen LogP) is 2.84. The molecule has 1 amide bonds. The molecule has 2 aliphatic rings. The van der Waals surface area contributed by atoms with Crippen LogP contribution in [0.1, 0.15) is 35.2 Å². The number of nitrogens with zero attached hydrogens (tertiary/aromatic N) is 1. The SMILES string of the molecule is COc1cccc(C23CCN(C)CC2C(O)CC(NC(=O)c2ccccc2)C3)c1. The molecule has 2 fully saturated rings. The van der Waals surface area contributed by atoms with Gasteiger partial charge in [0.1, 0.15) is 5.75 Å². The maximum Gasteiger partial charge on any atom is 0.251 e. The standard InChI is InChI=1S/C24H30N2O3/c1-26-12-11-24(18-9-6-10-20(13-18)29-2)15-19(14-22(27)21(24)16-26)25-23(28)17-7-4-3-5-8-17/h3-10,13,19,21-22,27H,11-12,14-16H2,1-2H3,(H,25,28). The third-order valence-corrected chi connectivity index (χ3v) is 6.77. The lowest BCUT2D eigenvalue weighted by Crippen LogP contribution is -2.60. The molecule has 4 atom stereocenters. The van der Waals surface area contributed by atoms with Crippen molar-refractivity contribution >= 4 is 5.91 Å². The van der Waals surface area contributed by atoms with Crippen LogP contribution in [0.4, 0.5) is 0 Å². The summed E-state index contributed by atoms with van der Waals surface area (Å²) in [6.45, 7) is 1.83. The third kappa shape index (κ3) is 3.89. The number of piperidine rings is 1. The number of methoxy groups -OCH3 is 1. The Bertz CT molecular complexity index is 856. The molecule has 29 heavy (non-hydrogen) atoms. The van der Waals surface area contributed by atoms with Crippen LogP contribution in [0.25, 0.3) is 0 Å². The van der Waals surface area contributed by atoms with E-state index in [1.807, 2.05) is 42.5 Å². The first-order valence-corrected chi connectivity index (χ1v) is 10.4. The number of benzene rings is 2. The molecule has 0 spiro atoms. The van der Waals surface area contributed by atoms with Gasteiger partial charge in [-0.2, -0.15) is 0 Å². The van der Waals surface area contributed by atoms with Crippen LogP contribution >= 0.6 is 0 Å². The second-order valence-electron chi connectivity index (χ2n) is 8.55. The smallest absolute Gasteiger partial charge is 0.251 e. The monoisotopic (exact) mass is 394 g/mol. The van der Waals surface area contributed by atoms with Crippen molar-refractivity contribution in [3.05, 3.63) is 65.7 Å². The number of aliphatic hydroxyl groups excluding tert-OH is 1. The van der Waals surface area contributed by atoms with Gasteiger partial charge in [0, 0.05) is 29.5 Å². The molecular formula is C24H30N2O3. The van der Waals surface area contributed by atoms with Crippen LogP contribution in [0.2, 0.25) is 0 Å². The Morgan fingerprint density at radius 2 is 2.00 bits per heavy atom. The van der Waals surface area contributed by atoms with Crippen LogP contribution in [-0.2, 0) is 5.41 Å². The zero-order valence-electron chi connectivity index (χ0n) is 17.2. The van der Waals surface area contributed by atoms with Gasteiger partial charge in [0.25, 0.3) is 5.91 Å². The van der Waals surface area contributed by atoms with Gasteiger partial charge in [-0.25, -0.2) is 0 Å². The van der Waals surface area contributed by atoms with Crippen molar-refractivity contribution in [2.45, 2.75) is 36.8 Å². The van der Waals surface area contributed by atoms with Gasteiger partial charge < -0.3 is 20.1 Å². The number of ether oxygens (including phenoxy) is 1. The first-order valence-electron chi connectivity index (χ1n) is 10.4. The lowest BCUT2D eigenvalue weighted by Gasteiger charge is -2.54. The van der Waals surface area contributed by atoms with E-state index >= 15 is 0 Å². The summed E-state index contributed by atoms with van der Waals surface area (Å²) in [7, 11) is 3.80. The molecule has 2 aromatic carbocycles. The van der Waals surface area contributed by atoms with Gasteiger partial charge in [-0.1, -0.05) is 30.3 Å². The Hall–Kier alpha value is -2.37. The van der Waals surface area contributed by atoms with Crippen LogP contribution < -0.4 is 10.1 Å². The Labute approximate surface area is 172 Å². The highest BCUT2D eigenvalue weighted by Crippen LogP contribution is 2.49. The molecular weight excluding hydrogens is 364 g/mol. The topological polar surface area (TPSA) is 61.8 Å². The Balaban J connectivity index is 1.64. The molecule has 2 N–H and O–H groups in total. The van der Waals surface area contributed by atoms with E-state index in [0.717, 1.165) is 31.7 Å². The molecule has 5 heteroatoms. The van der Waals surface area contributed by atoms with Crippen LogP contribution in [0.3, 0.4) is 0 Å². The Morgan fingerprint density at radius 3 is 2.76 bits per heavy atom. The summed E-state index contributed by atoms with van der Waals surface area (Å²) in [6.07, 6.45) is 1.91. The van der Waals surface area contributed by atoms with Crippen molar-refractivity contribution < 1.29 is 14.6 Å². The fourth-order valence-corrected chi connectivity index (χ4v) is 5.28. The van der Waals surface area contributed by atoms with Crippen LogP contribution in [0.5, 0.6) is 5.75 Å². The lowest BCUT2D eigenvalue weighted by atomic mass is 9.57. The molecule has 1 aliphatic heterocycles. The number of hydrogen-bond acceptors (Lipinski definition) is 4. The molecule has 1 saturated carbocycles. The molecule has 4 rings (SSSR count). The van der Waals surface area contributed by atoms with E-state index in [1.54, 1.807) is 7.11 Å². The van der Waals surface area contributed by atoms with E-state index in [1.165, 1.54) is 5.56 Å². The molecule has 0 bridgehead atoms. The average molecular weight is 395 g/mol. The number of carbonyl (C=O) groups is 1. The lowest BCUT2D eigenvalue weighted by molar-refractivity contribution is -0.0420. The van der Waals surface area contributed by atoms with Crippen LogP contribution in [-0.4, -0.2) is 55.3 Å². The van der Waals surface area contributed by atoms with Gasteiger partial charge >= 0.3 is 0 Å². The minimum absolute atomic E-state index is 0.0661. The fraction of sp³-hybridized carbons (Fsp3) is 0.458. The molecule has 4 unspecified atom stereocenters. The summed E-state index contributed by atoms with van der Waals surface area (Å²) in [5.74, 6) is 0.896. The van der Waals surface area contributed by atoms with Gasteiger partial charge in [0.05, 0.1) is 13.2 Å². The Kier molecular flexibility index (Phi) is 5.61. The molecule has 2 aromatic rings. The molecule has 1 saturated heterocycles. The maximum absolute atomic E-state index is 12.8. The van der Waals surface area contributed by atoms with Gasteiger partial charge in [0.2, 0.25) is 0 Å². The van der Waals surface area contributed by atoms with E-state index in [9.17, 15) is 9.90 Å². The molecule has 0 aromatic heterocycles. The second kappa shape index (κ2) is 8.17. The minimum Gasteiger partial charge on any atom is -0.497 e. The minimum atomic E-state index is -0.459. The van der Waals surface area contributed by atoms with Crippen LogP contribution in [0, 0.1) is 5.92 Å². The number of rotatable bonds is 4. The summed E-state index contributed by atoms with van der Waals surface area (Å²) in [6, 6.07) is 17.5. The van der Waals surface area contributed by atoms with Crippen molar-refractivity contribution in [1.29, 1.82) is 0 Å². The number of likely N-dealkylation sites (tertiary alicyclic amines) is 1. The first kappa shape index (κ1) is 19.9. The highest BCUT2D eigenvalue weighted by Gasteiger charge is 2.51. The summed E-state index contributed by atoms with van der Waals surface area (Å²) in [5.41, 5.74) is 1.68. The molecule has 1 aliphatic carbocycles. The highest BCUT2D eigenvalue weighted by atomic mass is 16.5. The van der Waals surface area contributed by atoms with E-state index < -0.39 is 6.10 Å². The van der Waals surface area contributed by atoms with Crippen molar-refractivity contribution in [1.82, 2.24) is 10.2 Å². The largest absolute Gasteiger partial charge is 0.497 e. The molecule has 0 radical (unpaired) electrons.